The molecule has 0 fully saturated rings. The van der Waals surface area contributed by atoms with Gasteiger partial charge in [-0.25, -0.2) is 17.1 Å². The number of esters is 1. The average molecular weight is 303 g/mol. The van der Waals surface area contributed by atoms with Gasteiger partial charge in [0.15, 0.2) is 0 Å². The number of hydrogen-bond donors (Lipinski definition) is 0. The lowest BCUT2D eigenvalue weighted by molar-refractivity contribution is -0.140. The molecule has 112 valence electrons. The first kappa shape index (κ1) is 16.6. The molecule has 1 rings (SSSR count). The van der Waals surface area contributed by atoms with E-state index in [9.17, 15) is 17.6 Å². The summed E-state index contributed by atoms with van der Waals surface area (Å²) in [5.41, 5.74) is 0.573. The molecule has 0 aliphatic rings. The first-order valence-electron chi connectivity index (χ1n) is 6.10. The van der Waals surface area contributed by atoms with Gasteiger partial charge in [-0.1, -0.05) is 12.1 Å². The van der Waals surface area contributed by atoms with Crippen LogP contribution in [0.3, 0.4) is 0 Å². The van der Waals surface area contributed by atoms with E-state index >= 15 is 0 Å². The fourth-order valence-electron chi connectivity index (χ4n) is 1.65. The van der Waals surface area contributed by atoms with Gasteiger partial charge in [-0.15, -0.1) is 0 Å². The van der Waals surface area contributed by atoms with Crippen LogP contribution in [0.25, 0.3) is 0 Å². The van der Waals surface area contributed by atoms with Crippen LogP contribution in [0, 0.1) is 5.82 Å². The SMILES string of the molecule is COC(=O)CCCS(=O)(=O)N(C)Cc1cccc(F)c1. The summed E-state index contributed by atoms with van der Waals surface area (Å²) in [6, 6.07) is 5.78. The van der Waals surface area contributed by atoms with Crippen LogP contribution in [0.4, 0.5) is 4.39 Å². The van der Waals surface area contributed by atoms with Gasteiger partial charge in [0, 0.05) is 20.0 Å². The van der Waals surface area contributed by atoms with E-state index in [-0.39, 0.29) is 25.1 Å². The van der Waals surface area contributed by atoms with Crippen molar-refractivity contribution in [2.45, 2.75) is 19.4 Å². The van der Waals surface area contributed by atoms with Crippen LogP contribution in [0.5, 0.6) is 0 Å². The van der Waals surface area contributed by atoms with Gasteiger partial charge >= 0.3 is 5.97 Å². The molecule has 0 aliphatic carbocycles. The third kappa shape index (κ3) is 5.26. The molecule has 0 aliphatic heterocycles. The summed E-state index contributed by atoms with van der Waals surface area (Å²) in [7, 11) is -0.786. The van der Waals surface area contributed by atoms with Crippen molar-refractivity contribution < 1.29 is 22.3 Å². The van der Waals surface area contributed by atoms with Gasteiger partial charge in [-0.05, 0) is 24.1 Å². The van der Waals surface area contributed by atoms with Crippen molar-refractivity contribution in [3.63, 3.8) is 0 Å². The fraction of sp³-hybridized carbons (Fsp3) is 0.462. The Kier molecular flexibility index (Phi) is 6.09. The molecule has 20 heavy (non-hydrogen) atoms. The van der Waals surface area contributed by atoms with Gasteiger partial charge in [-0.2, -0.15) is 0 Å². The van der Waals surface area contributed by atoms with Crippen LogP contribution in [0.15, 0.2) is 24.3 Å². The predicted octanol–water partition coefficient (Wildman–Crippen LogP) is 1.54. The molecule has 5 nitrogen and oxygen atoms in total. The second kappa shape index (κ2) is 7.35. The highest BCUT2D eigenvalue weighted by atomic mass is 32.2. The maximum absolute atomic E-state index is 13.0. The van der Waals surface area contributed by atoms with Crippen molar-refractivity contribution in [2.75, 3.05) is 19.9 Å². The number of hydrogen-bond acceptors (Lipinski definition) is 4. The minimum Gasteiger partial charge on any atom is -0.469 e. The summed E-state index contributed by atoms with van der Waals surface area (Å²) in [5.74, 6) is -0.986. The maximum Gasteiger partial charge on any atom is 0.305 e. The van der Waals surface area contributed by atoms with Crippen molar-refractivity contribution in [3.8, 4) is 0 Å². The van der Waals surface area contributed by atoms with Gasteiger partial charge < -0.3 is 4.74 Å². The van der Waals surface area contributed by atoms with E-state index in [4.69, 9.17) is 0 Å². The van der Waals surface area contributed by atoms with Crippen molar-refractivity contribution in [3.05, 3.63) is 35.6 Å². The van der Waals surface area contributed by atoms with E-state index < -0.39 is 21.8 Å². The number of carbonyl (C=O) groups is 1. The summed E-state index contributed by atoms with van der Waals surface area (Å²) in [5, 5.41) is 0. The van der Waals surface area contributed by atoms with E-state index in [2.05, 4.69) is 4.74 Å². The molecule has 0 unspecified atom stereocenters. The van der Waals surface area contributed by atoms with Crippen LogP contribution in [0.2, 0.25) is 0 Å². The van der Waals surface area contributed by atoms with Crippen molar-refractivity contribution in [2.24, 2.45) is 0 Å². The van der Waals surface area contributed by atoms with Crippen molar-refractivity contribution >= 4 is 16.0 Å². The number of nitrogens with zero attached hydrogens (tertiary/aromatic N) is 1. The summed E-state index contributed by atoms with van der Waals surface area (Å²) in [6.07, 6.45) is 0.256. The molecule has 0 atom stereocenters. The minimum absolute atomic E-state index is 0.0591. The topological polar surface area (TPSA) is 63.7 Å². The van der Waals surface area contributed by atoms with Crippen LogP contribution in [-0.2, 0) is 26.1 Å². The molecular formula is C13H18FNO4S. The molecule has 0 heterocycles. The molecule has 7 heteroatoms. The first-order valence-corrected chi connectivity index (χ1v) is 7.71. The molecule has 0 bridgehead atoms. The van der Waals surface area contributed by atoms with Crippen LogP contribution >= 0.6 is 0 Å². The number of rotatable bonds is 7. The Morgan fingerprint density at radius 1 is 1.40 bits per heavy atom. The molecule has 1 aromatic carbocycles. The van der Waals surface area contributed by atoms with Crippen molar-refractivity contribution in [1.82, 2.24) is 4.31 Å². The zero-order chi connectivity index (χ0) is 15.2. The number of halogens is 1. The largest absolute Gasteiger partial charge is 0.469 e. The number of sulfonamides is 1. The molecule has 0 N–H and O–H groups in total. The lowest BCUT2D eigenvalue weighted by atomic mass is 10.2. The number of methoxy groups -OCH3 is 1. The fourth-order valence-corrected chi connectivity index (χ4v) is 2.81. The van der Waals surface area contributed by atoms with E-state index in [1.54, 1.807) is 6.07 Å². The van der Waals surface area contributed by atoms with Gasteiger partial charge in [0.25, 0.3) is 0 Å². The van der Waals surface area contributed by atoms with E-state index in [1.165, 1.54) is 32.4 Å². The third-order valence-electron chi connectivity index (χ3n) is 2.78. The van der Waals surface area contributed by atoms with Crippen LogP contribution in [-0.4, -0.2) is 38.6 Å². The Labute approximate surface area is 118 Å². The quantitative estimate of drug-likeness (QED) is 0.717. The van der Waals surface area contributed by atoms with E-state index in [0.29, 0.717) is 5.56 Å². The average Bonchev–Trinajstić information content (AvgIpc) is 2.38. The predicted molar refractivity (Wildman–Crippen MR) is 72.9 cm³/mol. The van der Waals surface area contributed by atoms with Crippen LogP contribution in [0.1, 0.15) is 18.4 Å². The second-order valence-corrected chi connectivity index (χ2v) is 6.58. The highest BCUT2D eigenvalue weighted by molar-refractivity contribution is 7.89. The van der Waals surface area contributed by atoms with Gasteiger partial charge in [-0.3, -0.25) is 4.79 Å². The van der Waals surface area contributed by atoms with Gasteiger partial charge in [0.1, 0.15) is 5.82 Å². The molecule has 0 amide bonds. The normalized spacial score (nSPS) is 11.6. The second-order valence-electron chi connectivity index (χ2n) is 4.38. The van der Waals surface area contributed by atoms with Gasteiger partial charge in [0.2, 0.25) is 10.0 Å². The molecule has 0 spiro atoms. The summed E-state index contributed by atoms with van der Waals surface area (Å²) < 4.78 is 42.6. The smallest absolute Gasteiger partial charge is 0.305 e. The first-order chi connectivity index (χ1) is 9.35. The molecule has 1 aromatic rings. The van der Waals surface area contributed by atoms with Crippen molar-refractivity contribution in [1.29, 1.82) is 0 Å². The minimum atomic E-state index is -3.47. The highest BCUT2D eigenvalue weighted by Crippen LogP contribution is 2.10. The summed E-state index contributed by atoms with van der Waals surface area (Å²) in [4.78, 5) is 10.9. The molecule has 0 saturated heterocycles. The molecule has 0 saturated carbocycles. The number of benzene rings is 1. The Morgan fingerprint density at radius 3 is 2.70 bits per heavy atom. The molecule has 0 aromatic heterocycles. The third-order valence-corrected chi connectivity index (χ3v) is 4.66. The zero-order valence-corrected chi connectivity index (χ0v) is 12.3. The Balaban J connectivity index is 2.56. The maximum atomic E-state index is 13.0. The Bertz CT molecular complexity index is 559. The summed E-state index contributed by atoms with van der Waals surface area (Å²) in [6.45, 7) is 0.0956. The van der Waals surface area contributed by atoms with E-state index in [0.717, 1.165) is 4.31 Å². The standard InChI is InChI=1S/C13H18FNO4S/c1-15(10-11-5-3-6-12(14)9-11)20(17,18)8-4-7-13(16)19-2/h3,5-6,9H,4,7-8,10H2,1-2H3. The highest BCUT2D eigenvalue weighted by Gasteiger charge is 2.18. The Morgan fingerprint density at radius 2 is 2.10 bits per heavy atom. The molecular weight excluding hydrogens is 285 g/mol. The number of ether oxygens (including phenoxy) is 1. The zero-order valence-electron chi connectivity index (χ0n) is 11.5. The number of carbonyl (C=O) groups excluding carboxylic acids is 1. The van der Waals surface area contributed by atoms with Crippen LogP contribution < -0.4 is 0 Å². The monoisotopic (exact) mass is 303 g/mol. The lowest BCUT2D eigenvalue weighted by Gasteiger charge is -2.17. The Hall–Kier alpha value is -1.47. The summed E-state index contributed by atoms with van der Waals surface area (Å²) >= 11 is 0. The molecule has 0 radical (unpaired) electrons. The van der Waals surface area contributed by atoms with Gasteiger partial charge in [0.05, 0.1) is 12.9 Å². The van der Waals surface area contributed by atoms with E-state index in [1.807, 2.05) is 0 Å². The lowest BCUT2D eigenvalue weighted by Crippen LogP contribution is -2.29.